The van der Waals surface area contributed by atoms with Crippen molar-refractivity contribution in [3.05, 3.63) is 0 Å². The smallest absolute Gasteiger partial charge is 0.236 e. The molecule has 0 radical (unpaired) electrons. The maximum Gasteiger partial charge on any atom is 0.236 e. The highest BCUT2D eigenvalue weighted by Crippen LogP contribution is 2.12. The Kier molecular flexibility index (Phi) is 5.64. The number of piperidine rings is 1. The van der Waals surface area contributed by atoms with E-state index in [1.165, 1.54) is 32.1 Å². The van der Waals surface area contributed by atoms with Crippen LogP contribution >= 0.6 is 0 Å². The van der Waals surface area contributed by atoms with Crippen molar-refractivity contribution < 1.29 is 4.79 Å². The molecule has 0 aromatic rings. The molecule has 1 amide bonds. The van der Waals surface area contributed by atoms with E-state index in [0.29, 0.717) is 24.5 Å². The van der Waals surface area contributed by atoms with E-state index in [9.17, 15) is 4.79 Å². The second-order valence-corrected chi connectivity index (χ2v) is 6.26. The van der Waals surface area contributed by atoms with Crippen LogP contribution in [-0.4, -0.2) is 60.5 Å². The number of amides is 1. The Morgan fingerprint density at radius 1 is 1.26 bits per heavy atom. The Balaban J connectivity index is 1.82. The van der Waals surface area contributed by atoms with Crippen LogP contribution in [0.2, 0.25) is 0 Å². The molecular weight excluding hydrogens is 238 g/mol. The van der Waals surface area contributed by atoms with Gasteiger partial charge in [-0.3, -0.25) is 9.69 Å². The molecule has 0 aromatic carbocycles. The van der Waals surface area contributed by atoms with Gasteiger partial charge in [-0.2, -0.15) is 0 Å². The lowest BCUT2D eigenvalue weighted by Crippen LogP contribution is -2.49. The minimum atomic E-state index is 0.321. The number of carbonyl (C=O) groups is 1. The van der Waals surface area contributed by atoms with Crippen molar-refractivity contribution in [3.63, 3.8) is 0 Å². The van der Waals surface area contributed by atoms with Crippen molar-refractivity contribution in [2.45, 2.75) is 58.0 Å². The Morgan fingerprint density at radius 2 is 2.00 bits per heavy atom. The molecule has 0 spiro atoms. The van der Waals surface area contributed by atoms with Gasteiger partial charge in [-0.1, -0.05) is 6.42 Å². The molecule has 1 atom stereocenters. The molecule has 2 fully saturated rings. The van der Waals surface area contributed by atoms with E-state index in [1.54, 1.807) is 0 Å². The van der Waals surface area contributed by atoms with Crippen LogP contribution in [0, 0.1) is 0 Å². The molecule has 110 valence electrons. The van der Waals surface area contributed by atoms with Gasteiger partial charge < -0.3 is 10.2 Å². The molecule has 19 heavy (non-hydrogen) atoms. The van der Waals surface area contributed by atoms with Crippen molar-refractivity contribution in [2.75, 3.05) is 32.7 Å². The maximum absolute atomic E-state index is 12.3. The number of nitrogens with one attached hydrogen (secondary N) is 1. The Labute approximate surface area is 117 Å². The van der Waals surface area contributed by atoms with Gasteiger partial charge in [0.1, 0.15) is 0 Å². The van der Waals surface area contributed by atoms with E-state index in [-0.39, 0.29) is 0 Å². The number of carbonyl (C=O) groups excluding carboxylic acids is 1. The fraction of sp³-hybridized carbons (Fsp3) is 0.933. The summed E-state index contributed by atoms with van der Waals surface area (Å²) in [6.07, 6.45) is 6.23. The van der Waals surface area contributed by atoms with Gasteiger partial charge in [0.15, 0.2) is 0 Å². The summed E-state index contributed by atoms with van der Waals surface area (Å²) in [7, 11) is 0. The quantitative estimate of drug-likeness (QED) is 0.819. The van der Waals surface area contributed by atoms with Crippen molar-refractivity contribution in [2.24, 2.45) is 0 Å². The molecular formula is C15H29N3O. The van der Waals surface area contributed by atoms with Gasteiger partial charge >= 0.3 is 0 Å². The van der Waals surface area contributed by atoms with E-state index in [4.69, 9.17) is 0 Å². The van der Waals surface area contributed by atoms with Gasteiger partial charge in [-0.25, -0.2) is 0 Å². The molecule has 1 N–H and O–H groups in total. The first-order valence-electron chi connectivity index (χ1n) is 7.92. The fourth-order valence-electron chi connectivity index (χ4n) is 3.06. The lowest BCUT2D eigenvalue weighted by atomic mass is 10.0. The molecule has 2 aliphatic rings. The minimum absolute atomic E-state index is 0.321. The van der Waals surface area contributed by atoms with Crippen molar-refractivity contribution in [3.8, 4) is 0 Å². The van der Waals surface area contributed by atoms with Crippen LogP contribution in [0.4, 0.5) is 0 Å². The number of nitrogens with zero attached hydrogens (tertiary/aromatic N) is 2. The summed E-state index contributed by atoms with van der Waals surface area (Å²) < 4.78 is 0. The normalized spacial score (nSPS) is 24.4. The number of hydrogen-bond donors (Lipinski definition) is 1. The largest absolute Gasteiger partial charge is 0.342 e. The SMILES string of the molecule is CC(C)N(CC(=O)N1CCCC1)CC1CCCCN1. The van der Waals surface area contributed by atoms with Crippen LogP contribution < -0.4 is 5.32 Å². The maximum atomic E-state index is 12.3. The summed E-state index contributed by atoms with van der Waals surface area (Å²) in [6.45, 7) is 9.06. The van der Waals surface area contributed by atoms with Gasteiger partial charge in [0.05, 0.1) is 6.54 Å². The molecule has 2 saturated heterocycles. The average Bonchev–Trinajstić information content (AvgIpc) is 2.93. The molecule has 1 unspecified atom stereocenters. The van der Waals surface area contributed by atoms with Gasteiger partial charge in [-0.05, 0) is 46.1 Å². The summed E-state index contributed by atoms with van der Waals surface area (Å²) in [5.74, 6) is 0.321. The van der Waals surface area contributed by atoms with Crippen molar-refractivity contribution >= 4 is 5.91 Å². The summed E-state index contributed by atoms with van der Waals surface area (Å²) in [5.41, 5.74) is 0. The summed E-state index contributed by atoms with van der Waals surface area (Å²) in [6, 6.07) is 1.01. The molecule has 4 nitrogen and oxygen atoms in total. The molecule has 2 aliphatic heterocycles. The van der Waals surface area contributed by atoms with Crippen LogP contribution in [0.3, 0.4) is 0 Å². The van der Waals surface area contributed by atoms with Crippen molar-refractivity contribution in [1.29, 1.82) is 0 Å². The molecule has 0 aromatic heterocycles. The van der Waals surface area contributed by atoms with Crippen molar-refractivity contribution in [1.82, 2.24) is 15.1 Å². The summed E-state index contributed by atoms with van der Waals surface area (Å²) in [4.78, 5) is 16.6. The van der Waals surface area contributed by atoms with Crippen LogP contribution in [0.5, 0.6) is 0 Å². The highest BCUT2D eigenvalue weighted by Gasteiger charge is 2.24. The lowest BCUT2D eigenvalue weighted by Gasteiger charge is -2.33. The third-order valence-corrected chi connectivity index (χ3v) is 4.39. The van der Waals surface area contributed by atoms with E-state index in [1.807, 2.05) is 4.90 Å². The number of likely N-dealkylation sites (tertiary alicyclic amines) is 1. The first-order chi connectivity index (χ1) is 9.16. The van der Waals surface area contributed by atoms with Gasteiger partial charge in [-0.15, -0.1) is 0 Å². The zero-order chi connectivity index (χ0) is 13.7. The first-order valence-corrected chi connectivity index (χ1v) is 7.92. The highest BCUT2D eigenvalue weighted by molar-refractivity contribution is 5.78. The fourth-order valence-corrected chi connectivity index (χ4v) is 3.06. The summed E-state index contributed by atoms with van der Waals surface area (Å²) >= 11 is 0. The molecule has 0 bridgehead atoms. The van der Waals surface area contributed by atoms with E-state index in [0.717, 1.165) is 26.2 Å². The van der Waals surface area contributed by atoms with Gasteiger partial charge in [0.2, 0.25) is 5.91 Å². The van der Waals surface area contributed by atoms with Crippen LogP contribution in [0.1, 0.15) is 46.0 Å². The standard InChI is InChI=1S/C15H29N3O/c1-13(2)18(11-14-7-3-4-8-16-14)12-15(19)17-9-5-6-10-17/h13-14,16H,3-12H2,1-2H3. The third-order valence-electron chi connectivity index (χ3n) is 4.39. The number of hydrogen-bond acceptors (Lipinski definition) is 3. The monoisotopic (exact) mass is 267 g/mol. The molecule has 2 rings (SSSR count). The minimum Gasteiger partial charge on any atom is -0.342 e. The van der Waals surface area contributed by atoms with Gasteiger partial charge in [0.25, 0.3) is 0 Å². The van der Waals surface area contributed by atoms with Crippen LogP contribution in [0.15, 0.2) is 0 Å². The van der Waals surface area contributed by atoms with Crippen LogP contribution in [0.25, 0.3) is 0 Å². The predicted octanol–water partition coefficient (Wildman–Crippen LogP) is 1.46. The summed E-state index contributed by atoms with van der Waals surface area (Å²) in [5, 5.41) is 3.58. The van der Waals surface area contributed by atoms with Crippen LogP contribution in [-0.2, 0) is 4.79 Å². The topological polar surface area (TPSA) is 35.6 Å². The van der Waals surface area contributed by atoms with E-state index in [2.05, 4.69) is 24.1 Å². The zero-order valence-electron chi connectivity index (χ0n) is 12.5. The predicted molar refractivity (Wildman–Crippen MR) is 78.2 cm³/mol. The number of rotatable bonds is 5. The zero-order valence-corrected chi connectivity index (χ0v) is 12.5. The second kappa shape index (κ2) is 7.25. The Morgan fingerprint density at radius 3 is 2.58 bits per heavy atom. The highest BCUT2D eigenvalue weighted by atomic mass is 16.2. The second-order valence-electron chi connectivity index (χ2n) is 6.26. The molecule has 4 heteroatoms. The first kappa shape index (κ1) is 14.8. The average molecular weight is 267 g/mol. The van der Waals surface area contributed by atoms with Gasteiger partial charge in [0, 0.05) is 31.7 Å². The Bertz CT molecular complexity index is 281. The molecule has 0 aliphatic carbocycles. The molecule has 0 saturated carbocycles. The van der Waals surface area contributed by atoms with E-state index >= 15 is 0 Å². The molecule has 2 heterocycles. The lowest BCUT2D eigenvalue weighted by molar-refractivity contribution is -0.131. The third kappa shape index (κ3) is 4.46. The van der Waals surface area contributed by atoms with E-state index < -0.39 is 0 Å². The Hall–Kier alpha value is -0.610.